The molecule has 2 aliphatic heterocycles. The van der Waals surface area contributed by atoms with Crippen molar-refractivity contribution in [2.45, 2.75) is 413 Å². The predicted molar refractivity (Wildman–Crippen MR) is 521 cm³/mol. The van der Waals surface area contributed by atoms with Crippen molar-refractivity contribution >= 4 is 74.7 Å². The highest BCUT2D eigenvalue weighted by molar-refractivity contribution is 7.97. The van der Waals surface area contributed by atoms with E-state index in [9.17, 15) is 70.0 Å². The van der Waals surface area contributed by atoms with Crippen molar-refractivity contribution < 1.29 is 113 Å². The number of ether oxygens (including phenoxy) is 9. The zero-order valence-corrected chi connectivity index (χ0v) is 77.0. The lowest BCUT2D eigenvalue weighted by molar-refractivity contribution is -0.225. The van der Waals surface area contributed by atoms with E-state index in [0.29, 0.717) is 94.5 Å². The van der Waals surface area contributed by atoms with Gasteiger partial charge in [-0.25, -0.2) is 22.8 Å². The first-order valence-electron chi connectivity index (χ1n) is 45.3. The SMILES string of the molecule is C.C.C.C.C.C.C.C.C.C.CCC(C)(C)C(=O)OC1(CC)C2CC3CC(C2)CC1C3.CCC(C)(C)C(=O)OC12CC3CC(CC(COC(=O)C(F)(F)S(=O)(=O)[O-])(C3)C1)C2.CCC(C)(C)C(=O)OC12CC3CC(CC(O)(C3)C1)C2.CCC(C)(C)C(=O)OC1CCOC1=O.CCC(C)(C)C(=O)OCC(=O)OC1C2CC3C(=O)OC1C3C2.c1ccc([S+](c2ccccc2)c2ccccc2)cc1. The van der Waals surface area contributed by atoms with E-state index < -0.39 is 90.2 Å². The maximum absolute atomic E-state index is 13.5. The highest BCUT2D eigenvalue weighted by atomic mass is 32.2. The molecule has 14 saturated carbocycles. The van der Waals surface area contributed by atoms with Gasteiger partial charge in [0.2, 0.25) is 6.10 Å². The minimum atomic E-state index is -6.15. The lowest BCUT2D eigenvalue weighted by Gasteiger charge is -2.61. The van der Waals surface area contributed by atoms with Crippen LogP contribution in [0.15, 0.2) is 106 Å². The number of aliphatic hydroxyl groups is 1. The zero-order chi connectivity index (χ0) is 90.1. The molecule has 2 saturated heterocycles. The number of carbonyl (C=O) groups is 9. The normalized spacial score (nSPS) is 29.9. The van der Waals surface area contributed by atoms with Gasteiger partial charge >= 0.3 is 59.0 Å². The van der Waals surface area contributed by atoms with Crippen LogP contribution in [0.5, 0.6) is 0 Å². The van der Waals surface area contributed by atoms with Crippen molar-refractivity contribution in [1.29, 1.82) is 0 Å². The number of carbonyl (C=O) groups excluding carboxylic acids is 9. The molecule has 762 valence electrons. The van der Waals surface area contributed by atoms with Gasteiger partial charge in [0.25, 0.3) is 0 Å². The number of alkyl halides is 2. The first kappa shape index (κ1) is 124. The highest BCUT2D eigenvalue weighted by Gasteiger charge is 2.66. The Morgan fingerprint density at radius 2 is 0.850 bits per heavy atom. The summed E-state index contributed by atoms with van der Waals surface area (Å²) in [6.45, 7) is 30.3. The second-order valence-electron chi connectivity index (χ2n) is 41.6. The molecular weight excluding hydrogens is 1740 g/mol. The van der Waals surface area contributed by atoms with Crippen LogP contribution in [-0.2, 0) is 107 Å². The second kappa shape index (κ2) is 48.5. The molecule has 1 N–H and O–H groups in total. The van der Waals surface area contributed by atoms with Crippen LogP contribution >= 0.6 is 0 Å². The molecule has 133 heavy (non-hydrogen) atoms. The summed E-state index contributed by atoms with van der Waals surface area (Å²) >= 11 is 0. The Balaban J connectivity index is 0.000000795. The van der Waals surface area contributed by atoms with E-state index in [-0.39, 0.29) is 180 Å². The topological polar surface area (TPSA) is 314 Å². The van der Waals surface area contributed by atoms with E-state index in [4.69, 9.17) is 37.9 Å². The number of fused-ring (bicyclic) bond motifs is 1. The van der Waals surface area contributed by atoms with E-state index >= 15 is 0 Å². The monoisotopic (exact) mass is 1920 g/mol. The number of hydrogen-bond acceptors (Lipinski definition) is 22. The average molecular weight is 1920 g/mol. The summed E-state index contributed by atoms with van der Waals surface area (Å²) in [5.74, 6) is 0.467. The smallest absolute Gasteiger partial charge is 0.428 e. The molecule has 16 fully saturated rings. The fourth-order valence-electron chi connectivity index (χ4n) is 22.3. The molecule has 22 nitrogen and oxygen atoms in total. The van der Waals surface area contributed by atoms with Crippen LogP contribution in [0.1, 0.15) is 352 Å². The second-order valence-corrected chi connectivity index (χ2v) is 45.0. The Morgan fingerprint density at radius 3 is 1.23 bits per heavy atom. The quantitative estimate of drug-likeness (QED) is 0.0356. The fourth-order valence-corrected chi connectivity index (χ4v) is 24.7. The summed E-state index contributed by atoms with van der Waals surface area (Å²) in [5, 5.41) is 5.53. The molecule has 2 heterocycles. The first-order chi connectivity index (χ1) is 57.6. The van der Waals surface area contributed by atoms with Gasteiger partial charge in [-0.2, -0.15) is 8.78 Å². The van der Waals surface area contributed by atoms with Gasteiger partial charge in [0.1, 0.15) is 29.0 Å². The molecule has 16 aliphatic rings. The molecule has 3 aromatic carbocycles. The Labute approximate surface area is 803 Å². The largest absolute Gasteiger partial charge is 0.743 e. The molecular formula is C107H176F2O22S2. The lowest BCUT2D eigenvalue weighted by atomic mass is 9.48. The predicted octanol–water partition coefficient (Wildman–Crippen LogP) is 24.5. The Bertz CT molecular complexity index is 4220. The van der Waals surface area contributed by atoms with Crippen LogP contribution in [0.3, 0.4) is 0 Å². The number of benzene rings is 3. The maximum Gasteiger partial charge on any atom is 0.428 e. The van der Waals surface area contributed by atoms with Crippen LogP contribution in [0, 0.1) is 97.6 Å². The highest BCUT2D eigenvalue weighted by Crippen LogP contribution is 2.65. The van der Waals surface area contributed by atoms with Crippen molar-refractivity contribution in [1.82, 2.24) is 0 Å². The van der Waals surface area contributed by atoms with E-state index in [1.54, 1.807) is 41.5 Å². The maximum atomic E-state index is 13.5. The van der Waals surface area contributed by atoms with Crippen molar-refractivity contribution in [3.63, 3.8) is 0 Å². The third kappa shape index (κ3) is 28.0. The summed E-state index contributed by atoms with van der Waals surface area (Å²) in [6.07, 6.45) is 21.6. The van der Waals surface area contributed by atoms with Gasteiger partial charge in [-0.05, 0) is 307 Å². The van der Waals surface area contributed by atoms with Gasteiger partial charge in [0.05, 0.1) is 62.7 Å². The van der Waals surface area contributed by atoms with Crippen molar-refractivity contribution in [3.05, 3.63) is 91.0 Å². The Kier molecular flexibility index (Phi) is 45.2. The van der Waals surface area contributed by atoms with Gasteiger partial charge in [-0.3, -0.25) is 28.8 Å². The van der Waals surface area contributed by atoms with Crippen molar-refractivity contribution in [2.24, 2.45) is 97.6 Å². The number of hydrogen-bond donors (Lipinski definition) is 1. The minimum absolute atomic E-state index is 0. The standard InChI is InChI=1S/C19H28F2O7S.C18H30O2.C18H15S.C16H22O6.C16H26O3.C10H16O4.10CH4/c1-4-16(2,3)14(22)28-18-8-12-5-13(9-18)7-17(6-12,10-18)11-27-15(23)19(20,21)29(24,25)26;1-5-17(3,4)16(19)20-18(6-2)14-8-12-7-13(10-14)11-15(18)9-12;1-4-10-16(11-5-1)19(17-12-6-2-7-13-17)18-14-8-3-9-15-18;1-4-16(2,3)15(19)20-7-11(17)21-12-8-5-9-10(6-8)14(18)22-13(9)12;1-4-14(2,3)13(17)19-16-8-11-5-12(9-16)7-15(18,6-11)10-16;1-4-10(2,3)9(12)14-7-5-6-13-8(7)11;;;;;;;;;;/h12-13H,4-11H2,1-3H3,(H,24,25,26);12-15H,5-11H2,1-4H3;1-15H;8-10,12-13H,4-7H2,1-3H3;11-12,18H,4-10H2,1-3H3;7H,4-6H2,1-3H3;10*1H4/q;;+1;;;;;;;;;;;;;/p-1. The Morgan fingerprint density at radius 1 is 0.466 bits per heavy atom. The fraction of sp³-hybridized carbons (Fsp3) is 0.748. The molecule has 0 amide bonds. The summed E-state index contributed by atoms with van der Waals surface area (Å²) < 4.78 is 107. The molecule has 0 radical (unpaired) electrons. The minimum Gasteiger partial charge on any atom is -0.743 e. The van der Waals surface area contributed by atoms with E-state index in [2.05, 4.69) is 110 Å². The first-order valence-corrected chi connectivity index (χ1v) is 48.0. The average Bonchev–Trinajstić information content (AvgIpc) is 1.10. The molecule has 0 aromatic heterocycles. The molecule has 10 atom stereocenters. The third-order valence-corrected chi connectivity index (χ3v) is 33.4. The van der Waals surface area contributed by atoms with E-state index in [1.807, 2.05) is 55.4 Å². The molecule has 26 heteroatoms. The molecule has 3 aromatic rings. The molecule has 0 spiro atoms. The van der Waals surface area contributed by atoms with Crippen LogP contribution < -0.4 is 0 Å². The van der Waals surface area contributed by atoms with Crippen LogP contribution in [0.25, 0.3) is 0 Å². The zero-order valence-electron chi connectivity index (χ0n) is 75.3. The van der Waals surface area contributed by atoms with E-state index in [1.165, 1.54) is 53.2 Å². The summed E-state index contributed by atoms with van der Waals surface area (Å²) in [6, 6.07) is 32.2. The van der Waals surface area contributed by atoms with Crippen molar-refractivity contribution in [2.75, 3.05) is 19.8 Å². The summed E-state index contributed by atoms with van der Waals surface area (Å²) in [7, 11) is -6.17. The van der Waals surface area contributed by atoms with Gasteiger partial charge in [-0.15, -0.1) is 0 Å². The number of esters is 9. The molecule has 14 aliphatic carbocycles. The van der Waals surface area contributed by atoms with Gasteiger partial charge in [0, 0.05) is 30.1 Å². The summed E-state index contributed by atoms with van der Waals surface area (Å²) in [5.41, 5.74) is -4.94. The van der Waals surface area contributed by atoms with Crippen LogP contribution in [0.4, 0.5) is 8.78 Å². The van der Waals surface area contributed by atoms with Gasteiger partial charge < -0.3 is 52.3 Å². The molecule has 10 unspecified atom stereocenters. The number of halogens is 2. The van der Waals surface area contributed by atoms with E-state index in [0.717, 1.165) is 76.0 Å². The summed E-state index contributed by atoms with van der Waals surface area (Å²) in [4.78, 5) is 111. The molecule has 14 bridgehead atoms. The number of rotatable bonds is 25. The Hall–Kier alpha value is -7.03. The lowest BCUT2D eigenvalue weighted by Crippen LogP contribution is -2.61. The van der Waals surface area contributed by atoms with Crippen molar-refractivity contribution in [3.8, 4) is 0 Å². The third-order valence-electron chi connectivity index (χ3n) is 30.4. The van der Waals surface area contributed by atoms with Crippen LogP contribution in [-0.4, -0.2) is 138 Å². The van der Waals surface area contributed by atoms with Gasteiger partial charge in [-0.1, -0.05) is 170 Å². The van der Waals surface area contributed by atoms with Crippen LogP contribution in [0.2, 0.25) is 0 Å². The van der Waals surface area contributed by atoms with Gasteiger partial charge in [0.15, 0.2) is 31.4 Å². The number of cyclic esters (lactones) is 1. The molecule has 19 rings (SSSR count).